The third-order valence-electron chi connectivity index (χ3n) is 2.33. The van der Waals surface area contributed by atoms with Crippen molar-refractivity contribution in [3.63, 3.8) is 0 Å². The molecule has 0 N–H and O–H groups in total. The maximum atomic E-state index is 11.2. The molecule has 0 spiro atoms. The van der Waals surface area contributed by atoms with Crippen LogP contribution >= 0.6 is 0 Å². The second kappa shape index (κ2) is 2.68. The van der Waals surface area contributed by atoms with E-state index >= 15 is 0 Å². The van der Waals surface area contributed by atoms with E-state index in [1.165, 1.54) is 0 Å². The standard InChI is InChI=1S/C9H14O2/c1-4-7-6-9(7,3)8(10)11-5-2/h4,7H,1,5-6H2,2-3H3/t7-,9+/m1/s1. The summed E-state index contributed by atoms with van der Waals surface area (Å²) in [6.45, 7) is 7.88. The Kier molecular flexibility index (Phi) is 2.03. The van der Waals surface area contributed by atoms with Gasteiger partial charge in [0.25, 0.3) is 0 Å². The average Bonchev–Trinajstić information content (AvgIpc) is 2.64. The molecule has 0 aromatic heterocycles. The third-order valence-corrected chi connectivity index (χ3v) is 2.33. The first-order valence-corrected chi connectivity index (χ1v) is 3.95. The van der Waals surface area contributed by atoms with Crippen molar-refractivity contribution in [3.05, 3.63) is 12.7 Å². The van der Waals surface area contributed by atoms with Gasteiger partial charge in [-0.25, -0.2) is 0 Å². The van der Waals surface area contributed by atoms with Crippen LogP contribution in [-0.4, -0.2) is 12.6 Å². The SMILES string of the molecule is C=C[C@@H]1C[C@]1(C)C(=O)OCC. The average molecular weight is 154 g/mol. The van der Waals surface area contributed by atoms with Crippen LogP contribution in [-0.2, 0) is 9.53 Å². The number of carbonyl (C=O) groups is 1. The molecule has 0 unspecified atom stereocenters. The van der Waals surface area contributed by atoms with Crippen molar-refractivity contribution in [2.45, 2.75) is 20.3 Å². The van der Waals surface area contributed by atoms with Gasteiger partial charge < -0.3 is 4.74 Å². The minimum absolute atomic E-state index is 0.0788. The van der Waals surface area contributed by atoms with Gasteiger partial charge in [-0.05, 0) is 26.2 Å². The molecule has 1 aliphatic carbocycles. The second-order valence-corrected chi connectivity index (χ2v) is 3.18. The van der Waals surface area contributed by atoms with E-state index in [4.69, 9.17) is 4.74 Å². The molecule has 2 nitrogen and oxygen atoms in total. The van der Waals surface area contributed by atoms with Gasteiger partial charge in [-0.3, -0.25) is 4.79 Å². The maximum absolute atomic E-state index is 11.2. The molecule has 0 bridgehead atoms. The molecule has 0 amide bonds. The Labute approximate surface area is 67.2 Å². The van der Waals surface area contributed by atoms with Gasteiger partial charge in [-0.2, -0.15) is 0 Å². The van der Waals surface area contributed by atoms with Gasteiger partial charge >= 0.3 is 5.97 Å². The molecule has 0 aromatic carbocycles. The van der Waals surface area contributed by atoms with Gasteiger partial charge in [-0.15, -0.1) is 6.58 Å². The largest absolute Gasteiger partial charge is 0.466 e. The van der Waals surface area contributed by atoms with Crippen LogP contribution in [0.1, 0.15) is 20.3 Å². The number of carbonyl (C=O) groups excluding carboxylic acids is 1. The molecule has 2 atom stereocenters. The van der Waals surface area contributed by atoms with E-state index in [1.54, 1.807) is 0 Å². The Morgan fingerprint density at radius 1 is 1.91 bits per heavy atom. The molecule has 11 heavy (non-hydrogen) atoms. The first-order chi connectivity index (χ1) is 5.15. The fraction of sp³-hybridized carbons (Fsp3) is 0.667. The van der Waals surface area contributed by atoms with E-state index in [1.807, 2.05) is 19.9 Å². The Morgan fingerprint density at radius 2 is 2.55 bits per heavy atom. The van der Waals surface area contributed by atoms with Gasteiger partial charge in [0.1, 0.15) is 0 Å². The van der Waals surface area contributed by atoms with Crippen LogP contribution in [0.2, 0.25) is 0 Å². The fourth-order valence-corrected chi connectivity index (χ4v) is 1.27. The molecule has 0 aliphatic heterocycles. The minimum Gasteiger partial charge on any atom is -0.466 e. The smallest absolute Gasteiger partial charge is 0.312 e. The van der Waals surface area contributed by atoms with Gasteiger partial charge in [0.15, 0.2) is 0 Å². The Balaban J connectivity index is 2.49. The minimum atomic E-state index is -0.252. The lowest BCUT2D eigenvalue weighted by molar-refractivity contribution is -0.149. The molecular formula is C9H14O2. The molecule has 0 heterocycles. The molecular weight excluding hydrogens is 140 g/mol. The second-order valence-electron chi connectivity index (χ2n) is 3.18. The summed E-state index contributed by atoms with van der Waals surface area (Å²) in [6.07, 6.45) is 2.73. The number of allylic oxidation sites excluding steroid dienone is 1. The molecule has 2 heteroatoms. The van der Waals surface area contributed by atoms with Crippen molar-refractivity contribution in [2.24, 2.45) is 11.3 Å². The van der Waals surface area contributed by atoms with Crippen molar-refractivity contribution in [2.75, 3.05) is 6.61 Å². The summed E-state index contributed by atoms with van der Waals surface area (Å²) in [5.41, 5.74) is -0.252. The number of rotatable bonds is 3. The highest BCUT2D eigenvalue weighted by Crippen LogP contribution is 2.53. The quantitative estimate of drug-likeness (QED) is 0.457. The lowest BCUT2D eigenvalue weighted by atomic mass is 10.1. The van der Waals surface area contributed by atoms with Crippen LogP contribution in [0.3, 0.4) is 0 Å². The highest BCUT2D eigenvalue weighted by atomic mass is 16.5. The van der Waals surface area contributed by atoms with E-state index in [2.05, 4.69) is 6.58 Å². The number of hydrogen-bond acceptors (Lipinski definition) is 2. The lowest BCUT2D eigenvalue weighted by Crippen LogP contribution is -2.17. The van der Waals surface area contributed by atoms with E-state index in [0.717, 1.165) is 6.42 Å². The van der Waals surface area contributed by atoms with Gasteiger partial charge in [0.05, 0.1) is 12.0 Å². The van der Waals surface area contributed by atoms with Gasteiger partial charge in [0.2, 0.25) is 0 Å². The molecule has 1 saturated carbocycles. The van der Waals surface area contributed by atoms with Gasteiger partial charge in [0, 0.05) is 0 Å². The highest BCUT2D eigenvalue weighted by Gasteiger charge is 2.55. The van der Waals surface area contributed by atoms with Crippen LogP contribution in [0, 0.1) is 11.3 Å². The van der Waals surface area contributed by atoms with Crippen molar-refractivity contribution in [1.82, 2.24) is 0 Å². The molecule has 1 fully saturated rings. The first kappa shape index (κ1) is 8.31. The first-order valence-electron chi connectivity index (χ1n) is 3.95. The van der Waals surface area contributed by atoms with Crippen LogP contribution in [0.15, 0.2) is 12.7 Å². The van der Waals surface area contributed by atoms with Crippen molar-refractivity contribution in [1.29, 1.82) is 0 Å². The highest BCUT2D eigenvalue weighted by molar-refractivity contribution is 5.80. The fourth-order valence-electron chi connectivity index (χ4n) is 1.27. The zero-order valence-corrected chi connectivity index (χ0v) is 7.09. The Bertz CT molecular complexity index is 186. The molecule has 62 valence electrons. The predicted molar refractivity (Wildman–Crippen MR) is 43.0 cm³/mol. The molecule has 0 saturated heterocycles. The normalized spacial score (nSPS) is 34.5. The van der Waals surface area contributed by atoms with Crippen molar-refractivity contribution >= 4 is 5.97 Å². The van der Waals surface area contributed by atoms with E-state index in [9.17, 15) is 4.79 Å². The predicted octanol–water partition coefficient (Wildman–Crippen LogP) is 1.76. The summed E-state index contributed by atoms with van der Waals surface area (Å²) in [5, 5.41) is 0. The molecule has 1 rings (SSSR count). The summed E-state index contributed by atoms with van der Waals surface area (Å²) in [5.74, 6) is 0.256. The van der Waals surface area contributed by atoms with Gasteiger partial charge in [-0.1, -0.05) is 6.08 Å². The van der Waals surface area contributed by atoms with E-state index < -0.39 is 0 Å². The zero-order chi connectivity index (χ0) is 8.48. The van der Waals surface area contributed by atoms with E-state index in [-0.39, 0.29) is 11.4 Å². The monoisotopic (exact) mass is 154 g/mol. The lowest BCUT2D eigenvalue weighted by Gasteiger charge is -2.07. The summed E-state index contributed by atoms with van der Waals surface area (Å²) < 4.78 is 4.91. The van der Waals surface area contributed by atoms with Crippen LogP contribution in [0.5, 0.6) is 0 Å². The van der Waals surface area contributed by atoms with E-state index in [0.29, 0.717) is 12.5 Å². The van der Waals surface area contributed by atoms with Crippen LogP contribution in [0.25, 0.3) is 0 Å². The number of ether oxygens (including phenoxy) is 1. The molecule has 1 aliphatic rings. The third kappa shape index (κ3) is 1.30. The summed E-state index contributed by atoms with van der Waals surface area (Å²) in [4.78, 5) is 11.2. The van der Waals surface area contributed by atoms with Crippen molar-refractivity contribution < 1.29 is 9.53 Å². The Morgan fingerprint density at radius 3 is 2.91 bits per heavy atom. The number of hydrogen-bond donors (Lipinski definition) is 0. The maximum Gasteiger partial charge on any atom is 0.312 e. The van der Waals surface area contributed by atoms with Crippen LogP contribution < -0.4 is 0 Å². The number of esters is 1. The summed E-state index contributed by atoms with van der Waals surface area (Å²) in [6, 6.07) is 0. The molecule has 0 aromatic rings. The summed E-state index contributed by atoms with van der Waals surface area (Å²) >= 11 is 0. The van der Waals surface area contributed by atoms with Crippen LogP contribution in [0.4, 0.5) is 0 Å². The van der Waals surface area contributed by atoms with Crippen molar-refractivity contribution in [3.8, 4) is 0 Å². The Hall–Kier alpha value is -0.790. The molecule has 0 radical (unpaired) electrons. The zero-order valence-electron chi connectivity index (χ0n) is 7.09. The topological polar surface area (TPSA) is 26.3 Å². The summed E-state index contributed by atoms with van der Waals surface area (Å²) in [7, 11) is 0.